The van der Waals surface area contributed by atoms with E-state index in [1.54, 1.807) is 14.0 Å². The number of hydrogen-bond acceptors (Lipinski definition) is 6. The third kappa shape index (κ3) is 4.78. The lowest BCUT2D eigenvalue weighted by atomic mass is 9.87. The summed E-state index contributed by atoms with van der Waals surface area (Å²) in [5.74, 6) is 1.44. The summed E-state index contributed by atoms with van der Waals surface area (Å²) in [6.07, 6.45) is -0.620. The van der Waals surface area contributed by atoms with Crippen LogP contribution < -0.4 is 4.74 Å². The number of carbonyl (C=O) groups excluding carboxylic acids is 1. The lowest BCUT2D eigenvalue weighted by Gasteiger charge is -2.22. The van der Waals surface area contributed by atoms with Crippen molar-refractivity contribution in [1.29, 1.82) is 0 Å². The van der Waals surface area contributed by atoms with E-state index >= 15 is 0 Å². The van der Waals surface area contributed by atoms with Gasteiger partial charge in [0.2, 0.25) is 11.7 Å². The maximum atomic E-state index is 12.6. The molecule has 6 nitrogen and oxygen atoms in total. The van der Waals surface area contributed by atoms with Crippen molar-refractivity contribution in [1.82, 2.24) is 15.0 Å². The van der Waals surface area contributed by atoms with Crippen molar-refractivity contribution >= 4 is 17.2 Å². The van der Waals surface area contributed by atoms with Gasteiger partial charge in [0.05, 0.1) is 11.4 Å². The van der Waals surface area contributed by atoms with Crippen molar-refractivity contribution in [3.8, 4) is 16.5 Å². The van der Waals surface area contributed by atoms with Gasteiger partial charge in [-0.05, 0) is 41.5 Å². The van der Waals surface area contributed by atoms with Crippen LogP contribution in [0, 0.1) is 0 Å². The molecular formula is C21H25N3O3S. The molecule has 0 saturated heterocycles. The first-order valence-electron chi connectivity index (χ1n) is 9.12. The highest BCUT2D eigenvalue weighted by molar-refractivity contribution is 7.13. The Morgan fingerprint density at radius 3 is 2.57 bits per heavy atom. The van der Waals surface area contributed by atoms with E-state index in [0.717, 1.165) is 4.88 Å². The molecule has 0 fully saturated rings. The second-order valence-electron chi connectivity index (χ2n) is 7.72. The number of rotatable bonds is 6. The Morgan fingerprint density at radius 1 is 1.25 bits per heavy atom. The summed E-state index contributed by atoms with van der Waals surface area (Å²) < 4.78 is 11.1. The van der Waals surface area contributed by atoms with E-state index in [2.05, 4.69) is 30.9 Å². The fraction of sp³-hybridized carbons (Fsp3) is 0.381. The average molecular weight is 400 g/mol. The Hall–Kier alpha value is -2.67. The molecule has 3 aromatic rings. The van der Waals surface area contributed by atoms with Crippen molar-refractivity contribution in [2.75, 3.05) is 7.05 Å². The first kappa shape index (κ1) is 20.1. The minimum absolute atomic E-state index is 0.0756. The van der Waals surface area contributed by atoms with Crippen molar-refractivity contribution in [2.24, 2.45) is 0 Å². The second-order valence-corrected chi connectivity index (χ2v) is 8.67. The zero-order chi connectivity index (χ0) is 20.3. The Bertz CT molecular complexity index is 911. The lowest BCUT2D eigenvalue weighted by molar-refractivity contribution is -0.137. The lowest BCUT2D eigenvalue weighted by Crippen LogP contribution is -2.37. The molecule has 0 aliphatic heterocycles. The summed E-state index contributed by atoms with van der Waals surface area (Å²) in [4.78, 5) is 19.4. The fourth-order valence-electron chi connectivity index (χ4n) is 2.70. The van der Waals surface area contributed by atoms with Gasteiger partial charge in [0.1, 0.15) is 5.75 Å². The summed E-state index contributed by atoms with van der Waals surface area (Å²) in [6, 6.07) is 11.7. The van der Waals surface area contributed by atoms with Gasteiger partial charge >= 0.3 is 0 Å². The molecule has 2 heterocycles. The first-order chi connectivity index (χ1) is 13.2. The highest BCUT2D eigenvalue weighted by Crippen LogP contribution is 2.25. The molecule has 1 unspecified atom stereocenters. The van der Waals surface area contributed by atoms with Crippen LogP contribution in [0.4, 0.5) is 0 Å². The molecule has 1 atom stereocenters. The Labute approximate surface area is 169 Å². The molecular weight excluding hydrogens is 374 g/mol. The van der Waals surface area contributed by atoms with E-state index in [-0.39, 0.29) is 17.9 Å². The number of amides is 1. The maximum Gasteiger partial charge on any atom is 0.263 e. The zero-order valence-corrected chi connectivity index (χ0v) is 17.6. The molecule has 7 heteroatoms. The number of thiophene rings is 1. The van der Waals surface area contributed by atoms with Crippen molar-refractivity contribution < 1.29 is 14.1 Å². The number of ether oxygens (including phenoxy) is 1. The number of aromatic nitrogens is 2. The van der Waals surface area contributed by atoms with Gasteiger partial charge < -0.3 is 14.2 Å². The van der Waals surface area contributed by atoms with E-state index in [4.69, 9.17) is 9.26 Å². The monoisotopic (exact) mass is 399 g/mol. The van der Waals surface area contributed by atoms with Gasteiger partial charge in [-0.15, -0.1) is 11.3 Å². The predicted molar refractivity (Wildman–Crippen MR) is 109 cm³/mol. The Kier molecular flexibility index (Phi) is 5.84. The topological polar surface area (TPSA) is 68.5 Å². The molecule has 0 aliphatic carbocycles. The molecule has 0 radical (unpaired) electrons. The highest BCUT2D eigenvalue weighted by atomic mass is 32.1. The van der Waals surface area contributed by atoms with Crippen LogP contribution in [0.1, 0.15) is 39.1 Å². The molecule has 148 valence electrons. The summed E-state index contributed by atoms with van der Waals surface area (Å²) in [6.45, 7) is 8.44. The van der Waals surface area contributed by atoms with Crippen molar-refractivity contribution in [3.63, 3.8) is 0 Å². The molecule has 2 aromatic heterocycles. The summed E-state index contributed by atoms with van der Waals surface area (Å²) >= 11 is 1.54. The third-order valence-corrected chi connectivity index (χ3v) is 5.21. The summed E-state index contributed by atoms with van der Waals surface area (Å²) in [7, 11) is 1.69. The Balaban J connectivity index is 1.58. The number of carbonyl (C=O) groups is 1. The standard InChI is InChI=1S/C21H25N3O3S/c1-14(26-16-10-8-15(9-11-16)21(2,3)4)20(25)24(5)13-18-22-19(23-27-18)17-7-6-12-28-17/h6-12,14H,13H2,1-5H3. The molecule has 0 saturated carbocycles. The fourth-order valence-corrected chi connectivity index (χ4v) is 3.35. The van der Waals surface area contributed by atoms with E-state index in [9.17, 15) is 4.79 Å². The summed E-state index contributed by atoms with van der Waals surface area (Å²) in [5, 5.41) is 5.92. The van der Waals surface area contributed by atoms with Crippen molar-refractivity contribution in [3.05, 3.63) is 53.2 Å². The van der Waals surface area contributed by atoms with E-state index in [1.165, 1.54) is 21.8 Å². The molecule has 1 aromatic carbocycles. The summed E-state index contributed by atoms with van der Waals surface area (Å²) in [5.41, 5.74) is 1.29. The van der Waals surface area contributed by atoms with E-state index in [1.807, 2.05) is 41.8 Å². The SMILES string of the molecule is CC(Oc1ccc(C(C)(C)C)cc1)C(=O)N(C)Cc1nc(-c2cccs2)no1. The number of nitrogens with zero attached hydrogens (tertiary/aromatic N) is 3. The van der Waals surface area contributed by atoms with Crippen LogP contribution in [0.15, 0.2) is 46.3 Å². The number of benzene rings is 1. The molecule has 3 rings (SSSR count). The van der Waals surface area contributed by atoms with Gasteiger partial charge in [-0.25, -0.2) is 0 Å². The van der Waals surface area contributed by atoms with Crippen LogP contribution in [0.3, 0.4) is 0 Å². The molecule has 0 aliphatic rings. The number of likely N-dealkylation sites (N-methyl/N-ethyl adjacent to an activating group) is 1. The van der Waals surface area contributed by atoms with Crippen LogP contribution in [-0.4, -0.2) is 34.1 Å². The zero-order valence-electron chi connectivity index (χ0n) is 16.8. The second kappa shape index (κ2) is 8.14. The van der Waals surface area contributed by atoms with Crippen LogP contribution in [-0.2, 0) is 16.8 Å². The maximum absolute atomic E-state index is 12.6. The predicted octanol–water partition coefficient (Wildman–Crippen LogP) is 4.52. The highest BCUT2D eigenvalue weighted by Gasteiger charge is 2.22. The quantitative estimate of drug-likeness (QED) is 0.609. The Morgan fingerprint density at radius 2 is 1.96 bits per heavy atom. The minimum Gasteiger partial charge on any atom is -0.481 e. The largest absolute Gasteiger partial charge is 0.481 e. The number of hydrogen-bond donors (Lipinski definition) is 0. The molecule has 0 N–H and O–H groups in total. The third-order valence-electron chi connectivity index (χ3n) is 4.34. The average Bonchev–Trinajstić information content (AvgIpc) is 3.32. The van der Waals surface area contributed by atoms with Crippen LogP contribution in [0.25, 0.3) is 10.7 Å². The van der Waals surface area contributed by atoms with Crippen LogP contribution >= 0.6 is 11.3 Å². The van der Waals surface area contributed by atoms with Crippen molar-refractivity contribution in [2.45, 2.75) is 45.8 Å². The van der Waals surface area contributed by atoms with Crippen LogP contribution in [0.5, 0.6) is 5.75 Å². The smallest absolute Gasteiger partial charge is 0.263 e. The first-order valence-corrected chi connectivity index (χ1v) is 10.0. The van der Waals surface area contributed by atoms with Gasteiger partial charge in [0, 0.05) is 7.05 Å². The van der Waals surface area contributed by atoms with Gasteiger partial charge in [-0.3, -0.25) is 4.79 Å². The normalized spacial score (nSPS) is 12.6. The van der Waals surface area contributed by atoms with Gasteiger partial charge in [0.15, 0.2) is 6.10 Å². The van der Waals surface area contributed by atoms with E-state index in [0.29, 0.717) is 17.5 Å². The molecule has 1 amide bonds. The van der Waals surface area contributed by atoms with Crippen LogP contribution in [0.2, 0.25) is 0 Å². The minimum atomic E-state index is -0.620. The molecule has 0 bridgehead atoms. The van der Waals surface area contributed by atoms with E-state index < -0.39 is 6.10 Å². The molecule has 0 spiro atoms. The molecule has 28 heavy (non-hydrogen) atoms. The van der Waals surface area contributed by atoms with Gasteiger partial charge in [0.25, 0.3) is 5.91 Å². The van der Waals surface area contributed by atoms with Gasteiger partial charge in [-0.1, -0.05) is 44.1 Å². The van der Waals surface area contributed by atoms with Gasteiger partial charge in [-0.2, -0.15) is 4.98 Å².